The first-order chi connectivity index (χ1) is 11.7. The van der Waals surface area contributed by atoms with Crippen molar-refractivity contribution in [2.24, 2.45) is 0 Å². The SMILES string of the molecule is C=CCn1c(SCc2cccc(Br)c2)nnc1-c1ccc(F)cc1. The van der Waals surface area contributed by atoms with E-state index in [0.29, 0.717) is 12.4 Å². The van der Waals surface area contributed by atoms with E-state index in [1.54, 1.807) is 30.0 Å². The maximum absolute atomic E-state index is 13.1. The molecule has 1 aromatic heterocycles. The van der Waals surface area contributed by atoms with Crippen molar-refractivity contribution in [1.29, 1.82) is 0 Å². The average molecular weight is 404 g/mol. The fourth-order valence-electron chi connectivity index (χ4n) is 2.28. The Morgan fingerprint density at radius 2 is 1.96 bits per heavy atom. The zero-order valence-electron chi connectivity index (χ0n) is 12.8. The van der Waals surface area contributed by atoms with Crippen LogP contribution in [0.2, 0.25) is 0 Å². The van der Waals surface area contributed by atoms with Crippen molar-refractivity contribution in [3.05, 3.63) is 77.0 Å². The number of benzene rings is 2. The molecule has 0 aliphatic heterocycles. The summed E-state index contributed by atoms with van der Waals surface area (Å²) >= 11 is 5.10. The van der Waals surface area contributed by atoms with Crippen molar-refractivity contribution in [3.63, 3.8) is 0 Å². The van der Waals surface area contributed by atoms with Crippen molar-refractivity contribution < 1.29 is 4.39 Å². The van der Waals surface area contributed by atoms with E-state index in [2.05, 4.69) is 44.8 Å². The molecule has 0 amide bonds. The third kappa shape index (κ3) is 3.94. The van der Waals surface area contributed by atoms with E-state index in [9.17, 15) is 4.39 Å². The molecule has 0 spiro atoms. The smallest absolute Gasteiger partial charge is 0.192 e. The zero-order chi connectivity index (χ0) is 16.9. The van der Waals surface area contributed by atoms with Crippen LogP contribution >= 0.6 is 27.7 Å². The molecule has 1 heterocycles. The molecule has 0 unspecified atom stereocenters. The first-order valence-electron chi connectivity index (χ1n) is 7.34. The van der Waals surface area contributed by atoms with Crippen LogP contribution in [0.15, 0.2) is 70.8 Å². The van der Waals surface area contributed by atoms with Gasteiger partial charge in [0.2, 0.25) is 0 Å². The van der Waals surface area contributed by atoms with Crippen LogP contribution in [-0.4, -0.2) is 14.8 Å². The molecule has 3 rings (SSSR count). The first-order valence-corrected chi connectivity index (χ1v) is 9.12. The van der Waals surface area contributed by atoms with Gasteiger partial charge in [-0.25, -0.2) is 4.39 Å². The van der Waals surface area contributed by atoms with E-state index < -0.39 is 0 Å². The van der Waals surface area contributed by atoms with Crippen LogP contribution in [0, 0.1) is 5.82 Å². The lowest BCUT2D eigenvalue weighted by Crippen LogP contribution is -2.00. The number of hydrogen-bond acceptors (Lipinski definition) is 3. The molecule has 0 aliphatic rings. The highest BCUT2D eigenvalue weighted by Crippen LogP contribution is 2.27. The van der Waals surface area contributed by atoms with Gasteiger partial charge >= 0.3 is 0 Å². The normalized spacial score (nSPS) is 10.8. The molecule has 0 atom stereocenters. The van der Waals surface area contributed by atoms with Gasteiger partial charge in [-0.3, -0.25) is 4.57 Å². The molecule has 0 saturated heterocycles. The van der Waals surface area contributed by atoms with Crippen LogP contribution in [0.1, 0.15) is 5.56 Å². The van der Waals surface area contributed by atoms with Gasteiger partial charge in [-0.15, -0.1) is 16.8 Å². The summed E-state index contributed by atoms with van der Waals surface area (Å²) in [7, 11) is 0. The molecule has 0 fully saturated rings. The van der Waals surface area contributed by atoms with E-state index in [4.69, 9.17) is 0 Å². The van der Waals surface area contributed by atoms with Gasteiger partial charge in [0.15, 0.2) is 11.0 Å². The second kappa shape index (κ2) is 7.77. The molecule has 0 bridgehead atoms. The van der Waals surface area contributed by atoms with Crippen LogP contribution in [-0.2, 0) is 12.3 Å². The topological polar surface area (TPSA) is 30.7 Å². The minimum Gasteiger partial charge on any atom is -0.298 e. The fraction of sp³-hybridized carbons (Fsp3) is 0.111. The average Bonchev–Trinajstić information content (AvgIpc) is 2.97. The number of nitrogens with zero attached hydrogens (tertiary/aromatic N) is 3. The molecule has 2 aromatic carbocycles. The Labute approximate surface area is 152 Å². The molecule has 0 aliphatic carbocycles. The summed E-state index contributed by atoms with van der Waals surface area (Å²) in [6.07, 6.45) is 1.81. The molecule has 24 heavy (non-hydrogen) atoms. The third-order valence-corrected chi connectivity index (χ3v) is 4.92. The number of allylic oxidation sites excluding steroid dienone is 1. The standard InChI is InChI=1S/C18H15BrFN3S/c1-2-10-23-17(14-6-8-16(20)9-7-14)21-22-18(23)24-12-13-4-3-5-15(19)11-13/h2-9,11H,1,10,12H2. The second-order valence-corrected chi connectivity index (χ2v) is 6.99. The third-order valence-electron chi connectivity index (χ3n) is 3.39. The monoisotopic (exact) mass is 403 g/mol. The molecule has 0 saturated carbocycles. The minimum atomic E-state index is -0.266. The van der Waals surface area contributed by atoms with Gasteiger partial charge in [-0.2, -0.15) is 0 Å². The summed E-state index contributed by atoms with van der Waals surface area (Å²) in [5.74, 6) is 1.24. The largest absolute Gasteiger partial charge is 0.298 e. The van der Waals surface area contributed by atoms with E-state index >= 15 is 0 Å². The maximum Gasteiger partial charge on any atom is 0.192 e. The first kappa shape index (κ1) is 16.9. The van der Waals surface area contributed by atoms with Crippen LogP contribution < -0.4 is 0 Å². The van der Waals surface area contributed by atoms with Crippen LogP contribution in [0.4, 0.5) is 4.39 Å². The number of rotatable bonds is 6. The van der Waals surface area contributed by atoms with Gasteiger partial charge in [0.1, 0.15) is 5.82 Å². The highest BCUT2D eigenvalue weighted by atomic mass is 79.9. The fourth-order valence-corrected chi connectivity index (χ4v) is 3.61. The lowest BCUT2D eigenvalue weighted by Gasteiger charge is -2.08. The summed E-state index contributed by atoms with van der Waals surface area (Å²) in [6.45, 7) is 4.40. The summed E-state index contributed by atoms with van der Waals surface area (Å²) in [6, 6.07) is 14.4. The number of hydrogen-bond donors (Lipinski definition) is 0. The van der Waals surface area contributed by atoms with E-state index in [-0.39, 0.29) is 5.82 Å². The van der Waals surface area contributed by atoms with Crippen molar-refractivity contribution in [2.45, 2.75) is 17.5 Å². The molecular formula is C18H15BrFN3S. The lowest BCUT2D eigenvalue weighted by atomic mass is 10.2. The van der Waals surface area contributed by atoms with Crippen LogP contribution in [0.5, 0.6) is 0 Å². The van der Waals surface area contributed by atoms with Crippen molar-refractivity contribution in [3.8, 4) is 11.4 Å². The van der Waals surface area contributed by atoms with Crippen molar-refractivity contribution >= 4 is 27.7 Å². The summed E-state index contributed by atoms with van der Waals surface area (Å²) < 4.78 is 16.2. The van der Waals surface area contributed by atoms with Crippen molar-refractivity contribution in [1.82, 2.24) is 14.8 Å². The van der Waals surface area contributed by atoms with Gasteiger partial charge in [0, 0.05) is 22.3 Å². The molecular weight excluding hydrogens is 389 g/mol. The summed E-state index contributed by atoms with van der Waals surface area (Å²) in [4.78, 5) is 0. The summed E-state index contributed by atoms with van der Waals surface area (Å²) in [5.41, 5.74) is 2.03. The second-order valence-electron chi connectivity index (χ2n) is 5.13. The minimum absolute atomic E-state index is 0.266. The van der Waals surface area contributed by atoms with E-state index in [0.717, 1.165) is 20.9 Å². The van der Waals surface area contributed by atoms with Crippen LogP contribution in [0.3, 0.4) is 0 Å². The van der Waals surface area contributed by atoms with Gasteiger partial charge in [-0.1, -0.05) is 45.9 Å². The molecule has 3 aromatic rings. The molecule has 122 valence electrons. The number of thioether (sulfide) groups is 1. The predicted molar refractivity (Wildman–Crippen MR) is 99.3 cm³/mol. The van der Waals surface area contributed by atoms with E-state index in [1.165, 1.54) is 17.7 Å². The summed E-state index contributed by atoms with van der Waals surface area (Å²) in [5, 5.41) is 9.38. The van der Waals surface area contributed by atoms with Crippen LogP contribution in [0.25, 0.3) is 11.4 Å². The Balaban J connectivity index is 1.85. The van der Waals surface area contributed by atoms with E-state index in [1.807, 2.05) is 16.7 Å². The maximum atomic E-state index is 13.1. The highest BCUT2D eigenvalue weighted by Gasteiger charge is 2.13. The Morgan fingerprint density at radius 3 is 2.67 bits per heavy atom. The molecule has 3 nitrogen and oxygen atoms in total. The highest BCUT2D eigenvalue weighted by molar-refractivity contribution is 9.10. The van der Waals surface area contributed by atoms with Gasteiger partial charge in [0.05, 0.1) is 0 Å². The van der Waals surface area contributed by atoms with Crippen molar-refractivity contribution in [2.75, 3.05) is 0 Å². The van der Waals surface area contributed by atoms with Gasteiger partial charge in [-0.05, 0) is 42.0 Å². The number of aromatic nitrogens is 3. The molecule has 0 N–H and O–H groups in total. The quantitative estimate of drug-likeness (QED) is 0.411. The molecule has 0 radical (unpaired) electrons. The Hall–Kier alpha value is -1.92. The Kier molecular flexibility index (Phi) is 5.48. The lowest BCUT2D eigenvalue weighted by molar-refractivity contribution is 0.628. The van der Waals surface area contributed by atoms with Gasteiger partial charge in [0.25, 0.3) is 0 Å². The Morgan fingerprint density at radius 1 is 1.17 bits per heavy atom. The zero-order valence-corrected chi connectivity index (χ0v) is 15.2. The molecule has 6 heteroatoms. The Bertz CT molecular complexity index is 846. The number of halogens is 2. The van der Waals surface area contributed by atoms with Gasteiger partial charge < -0.3 is 0 Å². The predicted octanol–water partition coefficient (Wildman–Crippen LogP) is 5.33.